The zero-order valence-corrected chi connectivity index (χ0v) is 11.5. The Bertz CT molecular complexity index is 521. The van der Waals surface area contributed by atoms with Gasteiger partial charge in [-0.15, -0.1) is 0 Å². The number of esters is 1. The Morgan fingerprint density at radius 3 is 2.89 bits per heavy atom. The first-order valence-corrected chi connectivity index (χ1v) is 6.62. The third-order valence-electron chi connectivity index (χ3n) is 3.65. The molecule has 0 spiro atoms. The molecule has 2 aliphatic rings. The number of fused-ring (bicyclic) bond motifs is 3. The number of hydrogen-bond acceptors (Lipinski definition) is 3. The molecule has 0 amide bonds. The molecule has 1 fully saturated rings. The van der Waals surface area contributed by atoms with Crippen molar-refractivity contribution in [1.82, 2.24) is 4.98 Å². The van der Waals surface area contributed by atoms with Crippen LogP contribution >= 0.6 is 11.6 Å². The van der Waals surface area contributed by atoms with Gasteiger partial charge in [-0.25, -0.2) is 4.98 Å². The van der Waals surface area contributed by atoms with Crippen molar-refractivity contribution in [3.05, 3.63) is 28.5 Å². The van der Waals surface area contributed by atoms with Crippen LogP contribution in [0.4, 0.5) is 0 Å². The smallest absolute Gasteiger partial charge is 0.310 e. The average molecular weight is 266 g/mol. The SMILES string of the molecule is CC(C)(C)OC(=O)C1[C@H]2c3cnc(Cl)cc3C[C@@H]12. The minimum atomic E-state index is -0.408. The average Bonchev–Trinajstić information content (AvgIpc) is 2.80. The standard InChI is InChI=1S/C14H16ClNO2/c1-14(2,3)18-13(17)12-8-4-7-5-10(15)16-6-9(7)11(8)12/h5-6,8,11-12H,4H2,1-3H3/t8-,11-,12?/m1/s1. The fourth-order valence-corrected chi connectivity index (χ4v) is 3.13. The second-order valence-electron chi connectivity index (χ2n) is 6.16. The van der Waals surface area contributed by atoms with E-state index >= 15 is 0 Å². The van der Waals surface area contributed by atoms with Gasteiger partial charge < -0.3 is 4.74 Å². The van der Waals surface area contributed by atoms with Crippen molar-refractivity contribution in [2.24, 2.45) is 11.8 Å². The van der Waals surface area contributed by atoms with Crippen LogP contribution in [-0.2, 0) is 16.0 Å². The van der Waals surface area contributed by atoms with Gasteiger partial charge in [-0.1, -0.05) is 11.6 Å². The largest absolute Gasteiger partial charge is 0.460 e. The predicted octanol–water partition coefficient (Wildman–Crippen LogP) is 2.96. The number of ether oxygens (including phenoxy) is 1. The van der Waals surface area contributed by atoms with Crippen LogP contribution in [0.2, 0.25) is 5.15 Å². The highest BCUT2D eigenvalue weighted by Gasteiger charge is 2.60. The van der Waals surface area contributed by atoms with E-state index < -0.39 is 5.60 Å². The first kappa shape index (κ1) is 12.0. The second kappa shape index (κ2) is 3.70. The highest BCUT2D eigenvalue weighted by Crippen LogP contribution is 2.61. The van der Waals surface area contributed by atoms with Crippen LogP contribution in [0.25, 0.3) is 0 Å². The third kappa shape index (κ3) is 1.91. The summed E-state index contributed by atoms with van der Waals surface area (Å²) in [6.07, 6.45) is 2.73. The summed E-state index contributed by atoms with van der Waals surface area (Å²) in [4.78, 5) is 16.2. The molecule has 3 rings (SSSR count). The van der Waals surface area contributed by atoms with Crippen molar-refractivity contribution in [1.29, 1.82) is 0 Å². The van der Waals surface area contributed by atoms with E-state index in [9.17, 15) is 4.79 Å². The van der Waals surface area contributed by atoms with Crippen LogP contribution < -0.4 is 0 Å². The number of hydrogen-bond donors (Lipinski definition) is 0. The summed E-state index contributed by atoms with van der Waals surface area (Å²) < 4.78 is 5.45. The van der Waals surface area contributed by atoms with Gasteiger partial charge in [-0.05, 0) is 50.3 Å². The van der Waals surface area contributed by atoms with E-state index in [0.717, 1.165) is 6.42 Å². The number of carbonyl (C=O) groups excluding carboxylic acids is 1. The molecule has 0 saturated heterocycles. The van der Waals surface area contributed by atoms with E-state index in [1.54, 1.807) is 0 Å². The Morgan fingerprint density at radius 1 is 1.50 bits per heavy atom. The van der Waals surface area contributed by atoms with Crippen molar-refractivity contribution in [2.45, 2.75) is 38.7 Å². The molecule has 96 valence electrons. The Hall–Kier alpha value is -1.09. The van der Waals surface area contributed by atoms with Crippen LogP contribution in [-0.4, -0.2) is 16.6 Å². The summed E-state index contributed by atoms with van der Waals surface area (Å²) in [6, 6.07) is 1.91. The summed E-state index contributed by atoms with van der Waals surface area (Å²) in [5.74, 6) is 0.660. The summed E-state index contributed by atoms with van der Waals surface area (Å²) >= 11 is 5.87. The molecule has 0 aromatic carbocycles. The van der Waals surface area contributed by atoms with Crippen LogP contribution in [0.1, 0.15) is 37.8 Å². The van der Waals surface area contributed by atoms with Crippen molar-refractivity contribution in [2.75, 3.05) is 0 Å². The maximum atomic E-state index is 12.0. The molecule has 3 atom stereocenters. The fraction of sp³-hybridized carbons (Fsp3) is 0.571. The Labute approximate surface area is 112 Å². The van der Waals surface area contributed by atoms with Gasteiger partial charge >= 0.3 is 5.97 Å². The van der Waals surface area contributed by atoms with Crippen LogP contribution in [0.5, 0.6) is 0 Å². The highest BCUT2D eigenvalue weighted by molar-refractivity contribution is 6.29. The van der Waals surface area contributed by atoms with Gasteiger partial charge in [-0.3, -0.25) is 4.79 Å². The fourth-order valence-electron chi connectivity index (χ4n) is 2.95. The quantitative estimate of drug-likeness (QED) is 0.579. The second-order valence-corrected chi connectivity index (χ2v) is 6.55. The van der Waals surface area contributed by atoms with Gasteiger partial charge in [-0.2, -0.15) is 0 Å². The number of aromatic nitrogens is 1. The molecule has 1 aromatic heterocycles. The monoisotopic (exact) mass is 265 g/mol. The lowest BCUT2D eigenvalue weighted by Gasteiger charge is -2.20. The maximum Gasteiger partial charge on any atom is 0.310 e. The Kier molecular flexibility index (Phi) is 2.46. The van der Waals surface area contributed by atoms with Gasteiger partial charge in [0.1, 0.15) is 10.8 Å². The topological polar surface area (TPSA) is 39.2 Å². The number of nitrogens with zero attached hydrogens (tertiary/aromatic N) is 1. The molecule has 0 aliphatic heterocycles. The lowest BCUT2D eigenvalue weighted by Crippen LogP contribution is -2.26. The van der Waals surface area contributed by atoms with Crippen LogP contribution in [0.15, 0.2) is 12.3 Å². The molecule has 1 saturated carbocycles. The van der Waals surface area contributed by atoms with E-state index in [-0.39, 0.29) is 11.9 Å². The Balaban J connectivity index is 1.76. The third-order valence-corrected chi connectivity index (χ3v) is 3.86. The molecular weight excluding hydrogens is 250 g/mol. The first-order valence-electron chi connectivity index (χ1n) is 6.24. The zero-order chi connectivity index (χ0) is 13.1. The van der Waals surface area contributed by atoms with E-state index in [4.69, 9.17) is 16.3 Å². The summed E-state index contributed by atoms with van der Waals surface area (Å²) in [5, 5.41) is 0.531. The number of pyridine rings is 1. The van der Waals surface area contributed by atoms with E-state index in [1.807, 2.05) is 33.0 Å². The van der Waals surface area contributed by atoms with Crippen LogP contribution in [0, 0.1) is 11.8 Å². The lowest BCUT2D eigenvalue weighted by atomic mass is 10.0. The highest BCUT2D eigenvalue weighted by atomic mass is 35.5. The molecule has 0 bridgehead atoms. The van der Waals surface area contributed by atoms with Gasteiger partial charge in [0.05, 0.1) is 5.92 Å². The summed E-state index contributed by atoms with van der Waals surface area (Å²) in [5.41, 5.74) is 2.01. The molecule has 3 nitrogen and oxygen atoms in total. The van der Waals surface area contributed by atoms with Crippen molar-refractivity contribution in [3.8, 4) is 0 Å². The molecule has 1 unspecified atom stereocenters. The number of rotatable bonds is 1. The first-order chi connectivity index (χ1) is 8.37. The molecule has 0 radical (unpaired) electrons. The molecule has 18 heavy (non-hydrogen) atoms. The summed E-state index contributed by atoms with van der Waals surface area (Å²) in [7, 11) is 0. The van der Waals surface area contributed by atoms with Gasteiger partial charge in [0, 0.05) is 12.1 Å². The van der Waals surface area contributed by atoms with Crippen molar-refractivity contribution in [3.63, 3.8) is 0 Å². The van der Waals surface area contributed by atoms with Crippen LogP contribution in [0.3, 0.4) is 0 Å². The molecule has 1 aromatic rings. The zero-order valence-electron chi connectivity index (χ0n) is 10.7. The molecular formula is C14H16ClNO2. The van der Waals surface area contributed by atoms with E-state index in [0.29, 0.717) is 17.0 Å². The molecule has 0 N–H and O–H groups in total. The molecule has 4 heteroatoms. The lowest BCUT2D eigenvalue weighted by molar-refractivity contribution is -0.157. The van der Waals surface area contributed by atoms with Gasteiger partial charge in [0.25, 0.3) is 0 Å². The Morgan fingerprint density at radius 2 is 2.22 bits per heavy atom. The minimum absolute atomic E-state index is 0.0275. The van der Waals surface area contributed by atoms with Crippen molar-refractivity contribution >= 4 is 17.6 Å². The number of carbonyl (C=O) groups is 1. The molecule has 2 aliphatic carbocycles. The maximum absolute atomic E-state index is 12.0. The number of halogens is 1. The summed E-state index contributed by atoms with van der Waals surface area (Å²) in [6.45, 7) is 5.70. The van der Waals surface area contributed by atoms with E-state index in [1.165, 1.54) is 11.1 Å². The van der Waals surface area contributed by atoms with E-state index in [2.05, 4.69) is 4.98 Å². The van der Waals surface area contributed by atoms with Gasteiger partial charge in [0.2, 0.25) is 0 Å². The van der Waals surface area contributed by atoms with Gasteiger partial charge in [0.15, 0.2) is 0 Å². The minimum Gasteiger partial charge on any atom is -0.460 e. The van der Waals surface area contributed by atoms with Crippen molar-refractivity contribution < 1.29 is 9.53 Å². The molecule has 1 heterocycles. The normalized spacial score (nSPS) is 28.6. The predicted molar refractivity (Wildman–Crippen MR) is 68.5 cm³/mol.